The predicted molar refractivity (Wildman–Crippen MR) is 78.9 cm³/mol. The Morgan fingerprint density at radius 1 is 1.62 bits per heavy atom. The molecule has 0 aliphatic carbocycles. The summed E-state index contributed by atoms with van der Waals surface area (Å²) in [5, 5.41) is 6.17. The second kappa shape index (κ2) is 6.57. The van der Waals surface area contributed by atoms with E-state index in [1.54, 1.807) is 11.3 Å². The molecule has 1 N–H and O–H groups in total. The van der Waals surface area contributed by atoms with E-state index < -0.39 is 0 Å². The van der Waals surface area contributed by atoms with Crippen molar-refractivity contribution in [1.29, 1.82) is 0 Å². The van der Waals surface area contributed by atoms with Crippen molar-refractivity contribution in [2.24, 2.45) is 5.92 Å². The van der Waals surface area contributed by atoms with E-state index in [1.807, 2.05) is 7.05 Å². The minimum atomic E-state index is 0.613. The summed E-state index contributed by atoms with van der Waals surface area (Å²) >= 11 is 10.5. The third-order valence-electron chi connectivity index (χ3n) is 2.02. The molecule has 0 spiro atoms. The summed E-state index contributed by atoms with van der Waals surface area (Å²) in [4.78, 5) is 3.37. The highest BCUT2D eigenvalue weighted by Crippen LogP contribution is 2.20. The van der Waals surface area contributed by atoms with Crippen LogP contribution in [0.2, 0.25) is 0 Å². The number of thiocarbonyl (C=S) groups is 1. The Morgan fingerprint density at radius 3 is 2.81 bits per heavy atom. The van der Waals surface area contributed by atoms with Gasteiger partial charge < -0.3 is 10.2 Å². The van der Waals surface area contributed by atoms with Crippen molar-refractivity contribution in [2.75, 3.05) is 13.6 Å². The summed E-state index contributed by atoms with van der Waals surface area (Å²) in [6.07, 6.45) is 0. The molecule has 1 heterocycles. The fourth-order valence-corrected chi connectivity index (χ4v) is 2.82. The van der Waals surface area contributed by atoms with Crippen molar-refractivity contribution in [1.82, 2.24) is 10.2 Å². The van der Waals surface area contributed by atoms with Gasteiger partial charge in [-0.1, -0.05) is 13.8 Å². The molecule has 0 aliphatic rings. The lowest BCUT2D eigenvalue weighted by atomic mass is 10.2. The zero-order chi connectivity index (χ0) is 12.1. The molecule has 90 valence electrons. The third-order valence-corrected chi connectivity index (χ3v) is 4.16. The summed E-state index contributed by atoms with van der Waals surface area (Å²) in [6, 6.07) is 2.13. The summed E-state index contributed by atoms with van der Waals surface area (Å²) in [7, 11) is 2.02. The van der Waals surface area contributed by atoms with Crippen molar-refractivity contribution in [3.05, 3.63) is 20.8 Å². The fraction of sp³-hybridized carbons (Fsp3) is 0.545. The smallest absolute Gasteiger partial charge is 0.169 e. The SMILES string of the molecule is CC(C)CNC(=S)N(C)Cc1cc(Br)cs1. The Bertz CT molecular complexity index is 350. The molecule has 0 radical (unpaired) electrons. The average Bonchev–Trinajstić information content (AvgIpc) is 2.60. The lowest BCUT2D eigenvalue weighted by Gasteiger charge is -2.21. The molecule has 0 saturated heterocycles. The number of thiophene rings is 1. The normalized spacial score (nSPS) is 10.6. The van der Waals surface area contributed by atoms with E-state index in [-0.39, 0.29) is 0 Å². The zero-order valence-electron chi connectivity index (χ0n) is 9.79. The highest BCUT2D eigenvalue weighted by Gasteiger charge is 2.06. The van der Waals surface area contributed by atoms with Crippen LogP contribution in [0.15, 0.2) is 15.9 Å². The van der Waals surface area contributed by atoms with E-state index in [0.29, 0.717) is 5.92 Å². The molecule has 0 unspecified atom stereocenters. The van der Waals surface area contributed by atoms with Crippen LogP contribution in [0.1, 0.15) is 18.7 Å². The van der Waals surface area contributed by atoms with Crippen LogP contribution in [-0.2, 0) is 6.54 Å². The maximum atomic E-state index is 5.31. The van der Waals surface area contributed by atoms with E-state index in [4.69, 9.17) is 12.2 Å². The van der Waals surface area contributed by atoms with Crippen LogP contribution in [0, 0.1) is 5.92 Å². The van der Waals surface area contributed by atoms with Crippen molar-refractivity contribution < 1.29 is 0 Å². The van der Waals surface area contributed by atoms with Crippen molar-refractivity contribution in [3.8, 4) is 0 Å². The number of rotatable bonds is 4. The van der Waals surface area contributed by atoms with Gasteiger partial charge in [-0.25, -0.2) is 0 Å². The van der Waals surface area contributed by atoms with Crippen LogP contribution in [0.3, 0.4) is 0 Å². The Balaban J connectivity index is 2.39. The van der Waals surface area contributed by atoms with Crippen molar-refractivity contribution in [3.63, 3.8) is 0 Å². The second-order valence-electron chi connectivity index (χ2n) is 4.17. The first-order valence-electron chi connectivity index (χ1n) is 5.21. The summed E-state index contributed by atoms with van der Waals surface area (Å²) in [6.45, 7) is 6.13. The number of hydrogen-bond acceptors (Lipinski definition) is 2. The van der Waals surface area contributed by atoms with Gasteiger partial charge in [0.05, 0.1) is 6.54 Å². The monoisotopic (exact) mass is 320 g/mol. The van der Waals surface area contributed by atoms with Crippen LogP contribution in [-0.4, -0.2) is 23.6 Å². The van der Waals surface area contributed by atoms with Crippen LogP contribution >= 0.6 is 39.5 Å². The number of halogens is 1. The Morgan fingerprint density at radius 2 is 2.31 bits per heavy atom. The first-order valence-corrected chi connectivity index (χ1v) is 7.29. The van der Waals surface area contributed by atoms with Gasteiger partial charge in [0, 0.05) is 28.3 Å². The van der Waals surface area contributed by atoms with Gasteiger partial charge in [-0.05, 0) is 40.1 Å². The van der Waals surface area contributed by atoms with Crippen LogP contribution in [0.5, 0.6) is 0 Å². The van der Waals surface area contributed by atoms with E-state index in [1.165, 1.54) is 4.88 Å². The summed E-state index contributed by atoms with van der Waals surface area (Å²) in [5.74, 6) is 0.613. The zero-order valence-corrected chi connectivity index (χ0v) is 13.0. The predicted octanol–water partition coefficient (Wildman–Crippen LogP) is 3.47. The molecule has 0 bridgehead atoms. The van der Waals surface area contributed by atoms with E-state index in [0.717, 1.165) is 22.7 Å². The highest BCUT2D eigenvalue weighted by atomic mass is 79.9. The fourth-order valence-electron chi connectivity index (χ4n) is 1.17. The molecule has 0 fully saturated rings. The number of hydrogen-bond donors (Lipinski definition) is 1. The molecular formula is C11H17BrN2S2. The first-order chi connectivity index (χ1) is 7.49. The molecule has 1 rings (SSSR count). The lowest BCUT2D eigenvalue weighted by molar-refractivity contribution is 0.484. The highest BCUT2D eigenvalue weighted by molar-refractivity contribution is 9.10. The lowest BCUT2D eigenvalue weighted by Crippen LogP contribution is -2.38. The van der Waals surface area contributed by atoms with E-state index in [2.05, 4.69) is 51.4 Å². The van der Waals surface area contributed by atoms with Crippen molar-refractivity contribution >= 4 is 44.6 Å². The average molecular weight is 321 g/mol. The van der Waals surface area contributed by atoms with Gasteiger partial charge in [-0.2, -0.15) is 0 Å². The molecule has 1 aromatic rings. The summed E-state index contributed by atoms with van der Waals surface area (Å²) < 4.78 is 1.14. The molecule has 0 atom stereocenters. The standard InChI is InChI=1S/C11H17BrN2S2/c1-8(2)5-13-11(15)14(3)6-10-4-9(12)7-16-10/h4,7-8H,5-6H2,1-3H3,(H,13,15). The van der Waals surface area contributed by atoms with Crippen LogP contribution in [0.4, 0.5) is 0 Å². The Hall–Kier alpha value is -0.130. The van der Waals surface area contributed by atoms with Gasteiger partial charge in [-0.3, -0.25) is 0 Å². The second-order valence-corrected chi connectivity index (χ2v) is 6.47. The third kappa shape index (κ3) is 4.80. The molecule has 0 aromatic carbocycles. The first kappa shape index (κ1) is 13.9. The van der Waals surface area contributed by atoms with Crippen LogP contribution in [0.25, 0.3) is 0 Å². The van der Waals surface area contributed by atoms with Gasteiger partial charge >= 0.3 is 0 Å². The maximum Gasteiger partial charge on any atom is 0.169 e. The van der Waals surface area contributed by atoms with Gasteiger partial charge in [0.25, 0.3) is 0 Å². The molecule has 1 aromatic heterocycles. The maximum absolute atomic E-state index is 5.31. The van der Waals surface area contributed by atoms with E-state index in [9.17, 15) is 0 Å². The molecule has 5 heteroatoms. The molecule has 0 saturated carbocycles. The van der Waals surface area contributed by atoms with Crippen molar-refractivity contribution in [2.45, 2.75) is 20.4 Å². The Labute approximate surface area is 115 Å². The largest absolute Gasteiger partial charge is 0.362 e. The number of nitrogens with zero attached hydrogens (tertiary/aromatic N) is 1. The molecule has 0 amide bonds. The molecule has 16 heavy (non-hydrogen) atoms. The van der Waals surface area contributed by atoms with Crippen LogP contribution < -0.4 is 5.32 Å². The quantitative estimate of drug-likeness (QED) is 0.855. The van der Waals surface area contributed by atoms with E-state index >= 15 is 0 Å². The molecule has 2 nitrogen and oxygen atoms in total. The Kier molecular flexibility index (Phi) is 5.72. The molecule has 0 aliphatic heterocycles. The van der Waals surface area contributed by atoms with Gasteiger partial charge in [0.2, 0.25) is 0 Å². The minimum Gasteiger partial charge on any atom is -0.362 e. The van der Waals surface area contributed by atoms with Gasteiger partial charge in [0.1, 0.15) is 0 Å². The van der Waals surface area contributed by atoms with Gasteiger partial charge in [-0.15, -0.1) is 11.3 Å². The molecular weight excluding hydrogens is 304 g/mol. The number of nitrogens with one attached hydrogen (secondary N) is 1. The van der Waals surface area contributed by atoms with Gasteiger partial charge in [0.15, 0.2) is 5.11 Å². The topological polar surface area (TPSA) is 15.3 Å². The summed E-state index contributed by atoms with van der Waals surface area (Å²) in [5.41, 5.74) is 0. The minimum absolute atomic E-state index is 0.613.